The molecule has 0 bridgehead atoms. The molecule has 0 fully saturated rings. The Morgan fingerprint density at radius 1 is 0.619 bits per heavy atom. The standard InChI is InChI=1S/2C4H6O6.Ca/c2*5-1(3(7)8)2(6)4(9)10;/h2*1-2,5-6H,(H,7,8)(H,9,10);/q;;+2/p-2/t1-,2-;;/m0../s1. The molecule has 0 amide bonds. The Bertz CT molecular complexity index is 309. The molecule has 0 aromatic carbocycles. The van der Waals surface area contributed by atoms with E-state index in [1.54, 1.807) is 0 Å². The molecular formula is C8H10CaO12. The van der Waals surface area contributed by atoms with Gasteiger partial charge in [0.15, 0.2) is 12.2 Å². The third-order valence-corrected chi connectivity index (χ3v) is 1.59. The van der Waals surface area contributed by atoms with E-state index < -0.39 is 48.3 Å². The Kier molecular flexibility index (Phi) is 13.8. The molecule has 0 saturated carbocycles. The summed E-state index contributed by atoms with van der Waals surface area (Å²) < 4.78 is 0. The van der Waals surface area contributed by atoms with E-state index in [2.05, 4.69) is 0 Å². The number of hydrogen-bond acceptors (Lipinski definition) is 10. The summed E-state index contributed by atoms with van der Waals surface area (Å²) in [4.78, 5) is 38.8. The number of carboxylic acid groups (broad SMARTS) is 4. The number of rotatable bonds is 6. The second-order valence-electron chi connectivity index (χ2n) is 3.09. The van der Waals surface area contributed by atoms with Crippen molar-refractivity contribution in [2.24, 2.45) is 0 Å². The van der Waals surface area contributed by atoms with Crippen molar-refractivity contribution >= 4 is 61.6 Å². The van der Waals surface area contributed by atoms with Crippen LogP contribution >= 0.6 is 0 Å². The van der Waals surface area contributed by atoms with Crippen LogP contribution in [0.4, 0.5) is 0 Å². The zero-order valence-corrected chi connectivity index (χ0v) is 12.4. The summed E-state index contributed by atoms with van der Waals surface area (Å²) in [6.07, 6.45) is -9.41. The van der Waals surface area contributed by atoms with Crippen molar-refractivity contribution in [3.63, 3.8) is 0 Å². The van der Waals surface area contributed by atoms with Crippen molar-refractivity contribution < 1.29 is 60.0 Å². The van der Waals surface area contributed by atoms with Gasteiger partial charge < -0.3 is 50.4 Å². The van der Waals surface area contributed by atoms with Crippen molar-refractivity contribution in [1.82, 2.24) is 0 Å². The van der Waals surface area contributed by atoms with E-state index in [0.29, 0.717) is 0 Å². The minimum atomic E-state index is -2.44. The average molecular weight is 338 g/mol. The average Bonchev–Trinajstić information content (AvgIpc) is 2.35. The molecule has 116 valence electrons. The minimum Gasteiger partial charge on any atom is -0.547 e. The molecule has 0 aliphatic rings. The van der Waals surface area contributed by atoms with E-state index in [4.69, 9.17) is 30.6 Å². The van der Waals surface area contributed by atoms with Gasteiger partial charge in [-0.3, -0.25) is 0 Å². The summed E-state index contributed by atoms with van der Waals surface area (Å²) in [5.41, 5.74) is 0. The van der Waals surface area contributed by atoms with Crippen LogP contribution in [0.25, 0.3) is 0 Å². The molecule has 4 atom stereocenters. The monoisotopic (exact) mass is 338 g/mol. The molecule has 0 aromatic rings. The third kappa shape index (κ3) is 10.4. The number of aliphatic hydroxyl groups excluding tert-OH is 4. The van der Waals surface area contributed by atoms with Crippen LogP contribution in [0.5, 0.6) is 0 Å². The van der Waals surface area contributed by atoms with Crippen LogP contribution in [-0.2, 0) is 19.2 Å². The SMILES string of the molecule is O=C(O)C(O)C(O)C(=O)O.O=C([O-])[C@@H](O)[C@H](O)C(=O)[O-].[Ca+2]. The molecule has 0 saturated heterocycles. The quantitative estimate of drug-likeness (QED) is 0.248. The molecule has 0 spiro atoms. The summed E-state index contributed by atoms with van der Waals surface area (Å²) in [6.45, 7) is 0. The Labute approximate surface area is 145 Å². The summed E-state index contributed by atoms with van der Waals surface area (Å²) in [7, 11) is 0. The number of hydrogen-bond donors (Lipinski definition) is 6. The van der Waals surface area contributed by atoms with Gasteiger partial charge in [-0.05, 0) is 0 Å². The predicted molar refractivity (Wildman–Crippen MR) is 55.1 cm³/mol. The first-order valence-corrected chi connectivity index (χ1v) is 4.53. The Morgan fingerprint density at radius 3 is 0.905 bits per heavy atom. The first-order chi connectivity index (χ1) is 8.93. The fraction of sp³-hybridized carbons (Fsp3) is 0.500. The van der Waals surface area contributed by atoms with Crippen LogP contribution in [0.1, 0.15) is 0 Å². The number of carboxylic acids is 4. The van der Waals surface area contributed by atoms with E-state index in [-0.39, 0.29) is 37.7 Å². The molecule has 0 aliphatic heterocycles. The summed E-state index contributed by atoms with van der Waals surface area (Å²) in [5.74, 6) is -7.65. The topological polar surface area (TPSA) is 236 Å². The maximum absolute atomic E-state index is 9.77. The molecule has 0 aliphatic carbocycles. The molecule has 0 heterocycles. The van der Waals surface area contributed by atoms with Gasteiger partial charge in [0.1, 0.15) is 12.2 Å². The first-order valence-electron chi connectivity index (χ1n) is 4.53. The largest absolute Gasteiger partial charge is 2.00 e. The van der Waals surface area contributed by atoms with E-state index >= 15 is 0 Å². The van der Waals surface area contributed by atoms with Gasteiger partial charge in [0.2, 0.25) is 0 Å². The third-order valence-electron chi connectivity index (χ3n) is 1.59. The van der Waals surface area contributed by atoms with Crippen LogP contribution in [0.15, 0.2) is 0 Å². The van der Waals surface area contributed by atoms with Gasteiger partial charge in [-0.2, -0.15) is 0 Å². The first kappa shape index (κ1) is 25.0. The van der Waals surface area contributed by atoms with Gasteiger partial charge in [0.05, 0.1) is 11.9 Å². The van der Waals surface area contributed by atoms with Crippen molar-refractivity contribution in [1.29, 1.82) is 0 Å². The van der Waals surface area contributed by atoms with Crippen LogP contribution < -0.4 is 10.2 Å². The van der Waals surface area contributed by atoms with Crippen LogP contribution in [0.3, 0.4) is 0 Å². The van der Waals surface area contributed by atoms with E-state index in [0.717, 1.165) is 0 Å². The number of aliphatic carboxylic acids is 4. The van der Waals surface area contributed by atoms with Gasteiger partial charge in [-0.15, -0.1) is 0 Å². The summed E-state index contributed by atoms with van der Waals surface area (Å²) >= 11 is 0. The zero-order chi connectivity index (χ0) is 16.6. The van der Waals surface area contributed by atoms with Gasteiger partial charge in [-0.1, -0.05) is 0 Å². The molecule has 6 N–H and O–H groups in total. The molecule has 0 rings (SSSR count). The van der Waals surface area contributed by atoms with Gasteiger partial charge in [0.25, 0.3) is 0 Å². The van der Waals surface area contributed by atoms with Gasteiger partial charge in [-0.25, -0.2) is 9.59 Å². The fourth-order valence-electron chi connectivity index (χ4n) is 0.528. The minimum absolute atomic E-state index is 0. The second kappa shape index (κ2) is 11.6. The van der Waals surface area contributed by atoms with E-state index in [1.807, 2.05) is 0 Å². The second-order valence-corrected chi connectivity index (χ2v) is 3.09. The molecule has 2 unspecified atom stereocenters. The summed E-state index contributed by atoms with van der Waals surface area (Å²) in [6, 6.07) is 0. The number of aliphatic hydroxyl groups is 4. The maximum atomic E-state index is 9.77. The Morgan fingerprint density at radius 2 is 0.810 bits per heavy atom. The predicted octanol–water partition coefficient (Wildman–Crippen LogP) is -7.30. The normalized spacial score (nSPS) is 15.0. The smallest absolute Gasteiger partial charge is 0.547 e. The maximum Gasteiger partial charge on any atom is 2.00 e. The Hall–Kier alpha value is -1.02. The molecule has 0 radical (unpaired) electrons. The molecule has 13 heteroatoms. The van der Waals surface area contributed by atoms with Crippen LogP contribution in [0.2, 0.25) is 0 Å². The molecule has 21 heavy (non-hydrogen) atoms. The Balaban J connectivity index is -0.000000295. The summed E-state index contributed by atoms with van der Waals surface area (Å²) in [5, 5.41) is 68.3. The van der Waals surface area contributed by atoms with Crippen molar-refractivity contribution in [3.05, 3.63) is 0 Å². The van der Waals surface area contributed by atoms with Gasteiger partial charge in [0, 0.05) is 0 Å². The number of carbonyl (C=O) groups is 4. The molecular weight excluding hydrogens is 328 g/mol. The van der Waals surface area contributed by atoms with Crippen molar-refractivity contribution in [2.75, 3.05) is 0 Å². The zero-order valence-electron chi connectivity index (χ0n) is 10.1. The van der Waals surface area contributed by atoms with Crippen LogP contribution in [0, 0.1) is 0 Å². The van der Waals surface area contributed by atoms with Crippen molar-refractivity contribution in [2.45, 2.75) is 24.4 Å². The van der Waals surface area contributed by atoms with E-state index in [1.165, 1.54) is 0 Å². The van der Waals surface area contributed by atoms with E-state index in [9.17, 15) is 29.4 Å². The molecule has 0 aromatic heterocycles. The van der Waals surface area contributed by atoms with Crippen LogP contribution in [-0.4, -0.2) is 117 Å². The molecule has 12 nitrogen and oxygen atoms in total. The van der Waals surface area contributed by atoms with Crippen molar-refractivity contribution in [3.8, 4) is 0 Å². The number of carbonyl (C=O) groups excluding carboxylic acids is 2. The van der Waals surface area contributed by atoms with Gasteiger partial charge >= 0.3 is 49.7 Å². The fourth-order valence-corrected chi connectivity index (χ4v) is 0.528.